The van der Waals surface area contributed by atoms with Crippen LogP contribution in [0.25, 0.3) is 11.4 Å². The lowest BCUT2D eigenvalue weighted by molar-refractivity contribution is -0.117. The number of rotatable bonds is 6. The molecule has 4 N–H and O–H groups in total. The number of nitrogens with zero attached hydrogens (tertiary/aromatic N) is 3. The first-order valence-electron chi connectivity index (χ1n) is 7.92. The van der Waals surface area contributed by atoms with Gasteiger partial charge in [-0.05, 0) is 25.8 Å². The van der Waals surface area contributed by atoms with Gasteiger partial charge in [0.2, 0.25) is 11.1 Å². The number of amides is 3. The molecule has 2 aromatic rings. The largest absolute Gasteiger partial charge is 0.335 e. The summed E-state index contributed by atoms with van der Waals surface area (Å²) in [4.78, 5) is 23.5. The number of carbonyl (C=O) groups is 2. The summed E-state index contributed by atoms with van der Waals surface area (Å²) in [5.41, 5.74) is 1.90. The smallest absolute Gasteiger partial charge is 0.321 e. The molecule has 134 valence electrons. The fourth-order valence-electron chi connectivity index (χ4n) is 2.04. The second-order valence-electron chi connectivity index (χ2n) is 5.61. The average Bonchev–Trinajstić information content (AvgIpc) is 2.93. The van der Waals surface area contributed by atoms with Crippen molar-refractivity contribution >= 4 is 23.7 Å². The summed E-state index contributed by atoms with van der Waals surface area (Å²) in [7, 11) is 0. The number of hydrogen-bond donors (Lipinski definition) is 3. The number of hydrogen-bond acceptors (Lipinski definition) is 6. The highest BCUT2D eigenvalue weighted by molar-refractivity contribution is 7.99. The molecule has 0 radical (unpaired) electrons. The molecule has 1 aromatic heterocycles. The average molecular weight is 362 g/mol. The van der Waals surface area contributed by atoms with E-state index in [0.29, 0.717) is 11.0 Å². The zero-order valence-electron chi connectivity index (χ0n) is 14.4. The third kappa shape index (κ3) is 4.96. The van der Waals surface area contributed by atoms with Crippen LogP contribution in [0.5, 0.6) is 0 Å². The second-order valence-corrected chi connectivity index (χ2v) is 6.55. The Balaban J connectivity index is 1.95. The van der Waals surface area contributed by atoms with Gasteiger partial charge in [0.15, 0.2) is 5.82 Å². The number of nitrogen functional groups attached to an aromatic ring is 1. The van der Waals surface area contributed by atoms with E-state index in [-0.39, 0.29) is 11.8 Å². The van der Waals surface area contributed by atoms with Gasteiger partial charge in [-0.15, -0.1) is 10.2 Å². The van der Waals surface area contributed by atoms with Crippen LogP contribution in [-0.2, 0) is 4.79 Å². The predicted molar refractivity (Wildman–Crippen MR) is 97.5 cm³/mol. The van der Waals surface area contributed by atoms with Crippen LogP contribution in [0, 0.1) is 6.92 Å². The van der Waals surface area contributed by atoms with Gasteiger partial charge >= 0.3 is 6.03 Å². The predicted octanol–water partition coefficient (Wildman–Crippen LogP) is 1.68. The Labute approximate surface area is 150 Å². The summed E-state index contributed by atoms with van der Waals surface area (Å²) in [6.07, 6.45) is 0.786. The molecular weight excluding hydrogens is 340 g/mol. The van der Waals surface area contributed by atoms with Gasteiger partial charge in [0.1, 0.15) is 0 Å². The topological polar surface area (TPSA) is 115 Å². The van der Waals surface area contributed by atoms with Crippen LogP contribution in [0.1, 0.15) is 25.8 Å². The number of nitrogens with two attached hydrogens (primary N) is 1. The van der Waals surface area contributed by atoms with Gasteiger partial charge in [-0.3, -0.25) is 10.1 Å². The van der Waals surface area contributed by atoms with Crippen molar-refractivity contribution in [3.05, 3.63) is 29.8 Å². The van der Waals surface area contributed by atoms with Crippen molar-refractivity contribution < 1.29 is 9.59 Å². The summed E-state index contributed by atoms with van der Waals surface area (Å²) in [6, 6.07) is 7.19. The van der Waals surface area contributed by atoms with Gasteiger partial charge < -0.3 is 11.2 Å². The molecule has 0 aliphatic carbocycles. The van der Waals surface area contributed by atoms with Crippen molar-refractivity contribution in [1.29, 1.82) is 0 Å². The standard InChI is InChI=1S/C16H22N6O2S/c1-4-11(3)18-15(24)19-13(23)9-25-16-21-20-14(22(16)17)12-8-6-5-7-10(12)2/h5-8,11H,4,9,17H2,1-3H3,(H2,18,19,23,24)/t11-/m0/s1. The fourth-order valence-corrected chi connectivity index (χ4v) is 2.69. The lowest BCUT2D eigenvalue weighted by Gasteiger charge is -2.11. The number of benzene rings is 1. The van der Waals surface area contributed by atoms with E-state index in [0.717, 1.165) is 29.3 Å². The highest BCUT2D eigenvalue weighted by Crippen LogP contribution is 2.23. The lowest BCUT2D eigenvalue weighted by Crippen LogP contribution is -2.43. The van der Waals surface area contributed by atoms with Gasteiger partial charge in [0, 0.05) is 11.6 Å². The Bertz CT molecular complexity index is 761. The van der Waals surface area contributed by atoms with E-state index < -0.39 is 11.9 Å². The molecule has 0 unspecified atom stereocenters. The van der Waals surface area contributed by atoms with Gasteiger partial charge in [-0.1, -0.05) is 43.0 Å². The van der Waals surface area contributed by atoms with E-state index in [4.69, 9.17) is 5.84 Å². The first kappa shape index (κ1) is 18.8. The summed E-state index contributed by atoms with van der Waals surface area (Å²) in [5, 5.41) is 13.4. The number of nitrogens with one attached hydrogen (secondary N) is 2. The molecular formula is C16H22N6O2S. The molecule has 0 fully saturated rings. The molecule has 0 saturated carbocycles. The SMILES string of the molecule is CC[C@H](C)NC(=O)NC(=O)CSc1nnc(-c2ccccc2C)n1N. The highest BCUT2D eigenvalue weighted by Gasteiger charge is 2.16. The molecule has 1 aromatic carbocycles. The minimum Gasteiger partial charge on any atom is -0.335 e. The third-order valence-electron chi connectivity index (χ3n) is 3.63. The van der Waals surface area contributed by atoms with E-state index in [9.17, 15) is 9.59 Å². The minimum atomic E-state index is -0.505. The minimum absolute atomic E-state index is 0.00395. The molecule has 2 rings (SSSR count). The Hall–Kier alpha value is -2.55. The molecule has 8 nitrogen and oxygen atoms in total. The number of aryl methyl sites for hydroxylation is 1. The molecule has 0 aliphatic heterocycles. The molecule has 25 heavy (non-hydrogen) atoms. The number of imide groups is 1. The normalized spacial score (nSPS) is 11.8. The fraction of sp³-hybridized carbons (Fsp3) is 0.375. The molecule has 0 bridgehead atoms. The van der Waals surface area contributed by atoms with E-state index in [1.165, 1.54) is 4.68 Å². The zero-order chi connectivity index (χ0) is 18.4. The van der Waals surface area contributed by atoms with Crippen molar-refractivity contribution in [2.24, 2.45) is 0 Å². The monoisotopic (exact) mass is 362 g/mol. The van der Waals surface area contributed by atoms with Crippen LogP contribution in [-0.4, -0.2) is 38.6 Å². The number of carbonyl (C=O) groups excluding carboxylic acids is 2. The van der Waals surface area contributed by atoms with Crippen LogP contribution in [0.2, 0.25) is 0 Å². The van der Waals surface area contributed by atoms with Crippen molar-refractivity contribution in [2.75, 3.05) is 11.6 Å². The number of aromatic nitrogens is 3. The Morgan fingerprint density at radius 1 is 1.32 bits per heavy atom. The summed E-state index contributed by atoms with van der Waals surface area (Å²) < 4.78 is 1.35. The number of urea groups is 1. The van der Waals surface area contributed by atoms with Crippen LogP contribution in [0.15, 0.2) is 29.4 Å². The van der Waals surface area contributed by atoms with Gasteiger partial charge in [0.05, 0.1) is 5.75 Å². The van der Waals surface area contributed by atoms with Crippen molar-refractivity contribution in [1.82, 2.24) is 25.5 Å². The van der Waals surface area contributed by atoms with Crippen LogP contribution in [0.3, 0.4) is 0 Å². The first-order valence-corrected chi connectivity index (χ1v) is 8.90. The third-order valence-corrected chi connectivity index (χ3v) is 4.57. The van der Waals surface area contributed by atoms with Crippen LogP contribution in [0.4, 0.5) is 4.79 Å². The van der Waals surface area contributed by atoms with Gasteiger partial charge in [0.25, 0.3) is 0 Å². The molecule has 3 amide bonds. The summed E-state index contributed by atoms with van der Waals surface area (Å²) in [5.74, 6) is 6.15. The van der Waals surface area contributed by atoms with Crippen molar-refractivity contribution in [2.45, 2.75) is 38.4 Å². The van der Waals surface area contributed by atoms with E-state index in [2.05, 4.69) is 20.8 Å². The van der Waals surface area contributed by atoms with E-state index in [1.807, 2.05) is 45.0 Å². The molecule has 1 atom stereocenters. The highest BCUT2D eigenvalue weighted by atomic mass is 32.2. The zero-order valence-corrected chi connectivity index (χ0v) is 15.3. The maximum absolute atomic E-state index is 11.8. The number of thioether (sulfide) groups is 1. The Kier molecular flexibility index (Phi) is 6.40. The lowest BCUT2D eigenvalue weighted by atomic mass is 10.1. The molecule has 0 saturated heterocycles. The van der Waals surface area contributed by atoms with Crippen molar-refractivity contribution in [3.63, 3.8) is 0 Å². The van der Waals surface area contributed by atoms with E-state index >= 15 is 0 Å². The molecule has 0 aliphatic rings. The maximum atomic E-state index is 11.8. The van der Waals surface area contributed by atoms with Gasteiger partial charge in [-0.2, -0.15) is 0 Å². The quantitative estimate of drug-likeness (QED) is 0.532. The second kappa shape index (κ2) is 8.52. The van der Waals surface area contributed by atoms with E-state index in [1.54, 1.807) is 0 Å². The van der Waals surface area contributed by atoms with Gasteiger partial charge in [-0.25, -0.2) is 9.47 Å². The Morgan fingerprint density at radius 3 is 2.72 bits per heavy atom. The first-order chi connectivity index (χ1) is 11.9. The Morgan fingerprint density at radius 2 is 2.04 bits per heavy atom. The van der Waals surface area contributed by atoms with Crippen LogP contribution >= 0.6 is 11.8 Å². The van der Waals surface area contributed by atoms with Crippen LogP contribution < -0.4 is 16.5 Å². The summed E-state index contributed by atoms with van der Waals surface area (Å²) in [6.45, 7) is 5.77. The molecule has 0 spiro atoms. The maximum Gasteiger partial charge on any atom is 0.321 e. The van der Waals surface area contributed by atoms with Crippen molar-refractivity contribution in [3.8, 4) is 11.4 Å². The summed E-state index contributed by atoms with van der Waals surface area (Å²) >= 11 is 1.12. The molecule has 9 heteroatoms. The molecule has 1 heterocycles.